The standard InChI is InChI=1S/C15H21N5O/c1-2-8-14-13(7-1)16-17-20(14)21-15(18-9-3-4-10-18)19-11-5-6-12-19/h1-2,7-8,15H,3-6,9-12H2/p+1. The van der Waals surface area contributed by atoms with Crippen molar-refractivity contribution in [1.82, 2.24) is 20.1 Å². The average molecular weight is 288 g/mol. The fourth-order valence-electron chi connectivity index (χ4n) is 3.35. The number of para-hydroxylation sites is 2. The molecule has 0 unspecified atom stereocenters. The summed E-state index contributed by atoms with van der Waals surface area (Å²) >= 11 is 0. The number of H-pyrrole nitrogens is 1. The minimum Gasteiger partial charge on any atom is -0.280 e. The molecule has 2 aromatic rings. The molecule has 1 N–H and O–H groups in total. The van der Waals surface area contributed by atoms with Crippen LogP contribution in [0, 0.1) is 0 Å². The molecule has 112 valence electrons. The summed E-state index contributed by atoms with van der Waals surface area (Å²) in [6, 6.07) is 8.03. The summed E-state index contributed by atoms with van der Waals surface area (Å²) in [6.07, 6.45) is 5.08. The molecular formula is C15H22N5O+. The molecule has 0 amide bonds. The van der Waals surface area contributed by atoms with Gasteiger partial charge in [0.1, 0.15) is 0 Å². The van der Waals surface area contributed by atoms with Crippen molar-refractivity contribution in [2.24, 2.45) is 0 Å². The lowest BCUT2D eigenvalue weighted by atomic mass is 10.3. The van der Waals surface area contributed by atoms with Crippen LogP contribution in [0.1, 0.15) is 25.7 Å². The number of rotatable bonds is 4. The Morgan fingerprint density at radius 3 is 2.29 bits per heavy atom. The highest BCUT2D eigenvalue weighted by atomic mass is 16.7. The van der Waals surface area contributed by atoms with Crippen molar-refractivity contribution >= 4 is 11.0 Å². The average Bonchev–Trinajstić information content (AvgIpc) is 3.26. The second-order valence-electron chi connectivity index (χ2n) is 5.91. The van der Waals surface area contributed by atoms with Crippen molar-refractivity contribution in [1.29, 1.82) is 0 Å². The molecule has 3 heterocycles. The second kappa shape index (κ2) is 5.61. The first kappa shape index (κ1) is 13.0. The molecule has 2 aliphatic heterocycles. The minimum atomic E-state index is 0.0175. The Labute approximate surface area is 124 Å². The molecule has 0 radical (unpaired) electrons. The van der Waals surface area contributed by atoms with Gasteiger partial charge in [0.05, 0.1) is 0 Å². The van der Waals surface area contributed by atoms with Crippen LogP contribution in [0.5, 0.6) is 0 Å². The van der Waals surface area contributed by atoms with Gasteiger partial charge in [-0.25, -0.2) is 0 Å². The molecule has 0 aliphatic carbocycles. The summed E-state index contributed by atoms with van der Waals surface area (Å²) in [5.41, 5.74) is 1.92. The van der Waals surface area contributed by atoms with E-state index in [1.54, 1.807) is 4.85 Å². The van der Waals surface area contributed by atoms with Crippen LogP contribution in [0.2, 0.25) is 0 Å². The summed E-state index contributed by atoms with van der Waals surface area (Å²) in [4.78, 5) is 12.9. The Balaban J connectivity index is 1.61. The van der Waals surface area contributed by atoms with E-state index in [9.17, 15) is 0 Å². The Morgan fingerprint density at radius 2 is 1.62 bits per heavy atom. The van der Waals surface area contributed by atoms with E-state index in [-0.39, 0.29) is 6.35 Å². The van der Waals surface area contributed by atoms with Crippen molar-refractivity contribution in [2.75, 3.05) is 26.2 Å². The first-order chi connectivity index (χ1) is 10.4. The fraction of sp³-hybridized carbons (Fsp3) is 0.600. The number of benzene rings is 1. The molecular weight excluding hydrogens is 266 g/mol. The number of aromatic nitrogens is 3. The van der Waals surface area contributed by atoms with Crippen LogP contribution in [-0.4, -0.2) is 52.6 Å². The molecule has 4 rings (SSSR count). The van der Waals surface area contributed by atoms with Crippen molar-refractivity contribution in [3.63, 3.8) is 0 Å². The SMILES string of the molecule is c1ccc2c(c1)n[nH][n+]2OC(N1CCCC1)N1CCCC1. The molecule has 2 saturated heterocycles. The number of nitrogens with one attached hydrogen (secondary N) is 1. The Hall–Kier alpha value is -1.66. The van der Waals surface area contributed by atoms with Crippen molar-refractivity contribution in [2.45, 2.75) is 32.0 Å². The third-order valence-corrected chi connectivity index (χ3v) is 4.47. The van der Waals surface area contributed by atoms with Crippen LogP contribution >= 0.6 is 0 Å². The van der Waals surface area contributed by atoms with Crippen molar-refractivity contribution in [3.8, 4) is 0 Å². The van der Waals surface area contributed by atoms with Gasteiger partial charge in [0, 0.05) is 36.1 Å². The smallest absolute Gasteiger partial charge is 0.263 e. The van der Waals surface area contributed by atoms with Gasteiger partial charge in [-0.3, -0.25) is 14.6 Å². The normalized spacial score (nSPS) is 20.8. The molecule has 0 atom stereocenters. The lowest BCUT2D eigenvalue weighted by Gasteiger charge is -2.31. The highest BCUT2D eigenvalue weighted by Crippen LogP contribution is 2.18. The molecule has 6 nitrogen and oxygen atoms in total. The highest BCUT2D eigenvalue weighted by Gasteiger charge is 2.34. The number of nitrogens with zero attached hydrogens (tertiary/aromatic N) is 4. The van der Waals surface area contributed by atoms with E-state index in [0.717, 1.165) is 37.2 Å². The van der Waals surface area contributed by atoms with Crippen molar-refractivity contribution < 1.29 is 9.68 Å². The van der Waals surface area contributed by atoms with E-state index in [2.05, 4.69) is 20.1 Å². The van der Waals surface area contributed by atoms with Gasteiger partial charge in [0.25, 0.3) is 11.9 Å². The van der Waals surface area contributed by atoms with Gasteiger partial charge in [0.15, 0.2) is 0 Å². The van der Waals surface area contributed by atoms with Gasteiger partial charge in [0.2, 0.25) is 5.52 Å². The zero-order valence-corrected chi connectivity index (χ0v) is 12.2. The van der Waals surface area contributed by atoms with Gasteiger partial charge in [-0.1, -0.05) is 12.1 Å². The van der Waals surface area contributed by atoms with E-state index in [1.165, 1.54) is 25.7 Å². The predicted molar refractivity (Wildman–Crippen MR) is 78.3 cm³/mol. The van der Waals surface area contributed by atoms with Crippen LogP contribution in [0.15, 0.2) is 24.3 Å². The van der Waals surface area contributed by atoms with E-state index < -0.39 is 0 Å². The van der Waals surface area contributed by atoms with Gasteiger partial charge >= 0.3 is 0 Å². The zero-order valence-electron chi connectivity index (χ0n) is 12.2. The van der Waals surface area contributed by atoms with Crippen LogP contribution < -0.4 is 9.68 Å². The lowest BCUT2D eigenvalue weighted by Crippen LogP contribution is -2.61. The van der Waals surface area contributed by atoms with Crippen LogP contribution in [0.25, 0.3) is 11.0 Å². The second-order valence-corrected chi connectivity index (χ2v) is 5.91. The van der Waals surface area contributed by atoms with Crippen LogP contribution in [0.4, 0.5) is 0 Å². The maximum atomic E-state index is 6.29. The quantitative estimate of drug-likeness (QED) is 0.844. The topological polar surface area (TPSA) is 48.3 Å². The van der Waals surface area contributed by atoms with Crippen LogP contribution in [-0.2, 0) is 0 Å². The number of fused-ring (bicyclic) bond motifs is 1. The third kappa shape index (κ3) is 2.49. The van der Waals surface area contributed by atoms with Crippen molar-refractivity contribution in [3.05, 3.63) is 24.3 Å². The minimum absolute atomic E-state index is 0.0175. The van der Waals surface area contributed by atoms with Gasteiger partial charge in [-0.15, -0.1) is 0 Å². The Bertz CT molecular complexity index is 585. The summed E-state index contributed by atoms with van der Waals surface area (Å²) in [5.74, 6) is 0. The molecule has 1 aromatic heterocycles. The molecule has 0 spiro atoms. The summed E-state index contributed by atoms with van der Waals surface area (Å²) in [5, 5.41) is 7.28. The number of hydrogen-bond donors (Lipinski definition) is 1. The molecule has 2 fully saturated rings. The molecule has 21 heavy (non-hydrogen) atoms. The predicted octanol–water partition coefficient (Wildman–Crippen LogP) is 0.754. The molecule has 1 aromatic carbocycles. The summed E-state index contributed by atoms with van der Waals surface area (Å²) in [7, 11) is 0. The van der Waals surface area contributed by atoms with E-state index in [0.29, 0.717) is 0 Å². The van der Waals surface area contributed by atoms with E-state index in [1.807, 2.05) is 24.3 Å². The molecule has 0 bridgehead atoms. The maximum Gasteiger partial charge on any atom is 0.263 e. The van der Waals surface area contributed by atoms with Gasteiger partial charge < -0.3 is 0 Å². The monoisotopic (exact) mass is 288 g/mol. The number of aromatic amines is 1. The summed E-state index contributed by atoms with van der Waals surface area (Å²) in [6.45, 7) is 4.48. The largest absolute Gasteiger partial charge is 0.280 e. The van der Waals surface area contributed by atoms with Crippen LogP contribution in [0.3, 0.4) is 0 Å². The van der Waals surface area contributed by atoms with E-state index in [4.69, 9.17) is 4.84 Å². The van der Waals surface area contributed by atoms with E-state index >= 15 is 0 Å². The highest BCUT2D eigenvalue weighted by molar-refractivity contribution is 5.69. The Morgan fingerprint density at radius 1 is 1.00 bits per heavy atom. The first-order valence-electron chi connectivity index (χ1n) is 7.92. The fourth-order valence-corrected chi connectivity index (χ4v) is 3.35. The Kier molecular flexibility index (Phi) is 3.48. The zero-order chi connectivity index (χ0) is 14.1. The number of likely N-dealkylation sites (tertiary alicyclic amines) is 2. The van der Waals surface area contributed by atoms with Gasteiger partial charge in [-0.05, 0) is 43.0 Å². The third-order valence-electron chi connectivity index (χ3n) is 4.47. The molecule has 2 aliphatic rings. The summed E-state index contributed by atoms with van der Waals surface area (Å²) < 4.78 is 0. The number of hydrogen-bond acceptors (Lipinski definition) is 4. The maximum absolute atomic E-state index is 6.29. The lowest BCUT2D eigenvalue weighted by molar-refractivity contribution is -0.931. The molecule has 6 heteroatoms. The molecule has 0 saturated carbocycles. The first-order valence-corrected chi connectivity index (χ1v) is 7.92. The van der Waals surface area contributed by atoms with Gasteiger partial charge in [-0.2, -0.15) is 0 Å².